The number of carbonyl (C=O) groups is 1. The van der Waals surface area contributed by atoms with Gasteiger partial charge in [-0.25, -0.2) is 0 Å². The largest absolute Gasteiger partial charge is 0.489 e. The number of hydrogen-bond acceptors (Lipinski definition) is 4. The monoisotopic (exact) mass is 509 g/mol. The van der Waals surface area contributed by atoms with Gasteiger partial charge in [0.15, 0.2) is 5.82 Å². The first kappa shape index (κ1) is 22.3. The number of amides is 1. The Balaban J connectivity index is 1.37. The highest BCUT2D eigenvalue weighted by Gasteiger charge is 2.14. The minimum Gasteiger partial charge on any atom is -0.489 e. The van der Waals surface area contributed by atoms with Gasteiger partial charge in [-0.2, -0.15) is 5.10 Å². The Bertz CT molecular complexity index is 1220. The molecular weight excluding hydrogens is 486 g/mol. The predicted octanol–water partition coefficient (Wildman–Crippen LogP) is 6.51. The summed E-state index contributed by atoms with van der Waals surface area (Å²) in [5.74, 6) is 1.15. The molecule has 7 heteroatoms. The smallest absolute Gasteiger partial charge is 0.266 e. The van der Waals surface area contributed by atoms with E-state index >= 15 is 0 Å². The van der Waals surface area contributed by atoms with Crippen molar-refractivity contribution in [1.82, 2.24) is 9.78 Å². The van der Waals surface area contributed by atoms with Crippen LogP contribution in [-0.2, 0) is 13.2 Å². The van der Waals surface area contributed by atoms with Gasteiger partial charge in [-0.3, -0.25) is 9.48 Å². The molecule has 4 aromatic rings. The quantitative estimate of drug-likeness (QED) is 0.308. The highest BCUT2D eigenvalue weighted by Crippen LogP contribution is 2.24. The number of nitrogens with zero attached hydrogens (tertiary/aromatic N) is 2. The summed E-state index contributed by atoms with van der Waals surface area (Å²) < 4.78 is 8.45. The summed E-state index contributed by atoms with van der Waals surface area (Å²) in [5, 5.41) is 9.35. The summed E-state index contributed by atoms with van der Waals surface area (Å²) in [6.07, 6.45) is 1.87. The lowest BCUT2D eigenvalue weighted by Gasteiger charge is -2.07. The van der Waals surface area contributed by atoms with Crippen LogP contribution in [0.1, 0.15) is 37.5 Å². The van der Waals surface area contributed by atoms with E-state index in [0.29, 0.717) is 23.8 Å². The van der Waals surface area contributed by atoms with Crippen LogP contribution in [0.4, 0.5) is 5.82 Å². The molecule has 0 spiro atoms. The molecule has 0 aliphatic carbocycles. The Morgan fingerprint density at radius 1 is 1.03 bits per heavy atom. The van der Waals surface area contributed by atoms with E-state index in [0.717, 1.165) is 32.5 Å². The lowest BCUT2D eigenvalue weighted by Crippen LogP contribution is -2.11. The number of aromatic nitrogens is 2. The van der Waals surface area contributed by atoms with E-state index in [1.54, 1.807) is 0 Å². The number of nitrogens with one attached hydrogen (secondary N) is 1. The fourth-order valence-electron chi connectivity index (χ4n) is 3.37. The van der Waals surface area contributed by atoms with Crippen LogP contribution in [0, 0.1) is 20.8 Å². The van der Waals surface area contributed by atoms with E-state index in [1.807, 2.05) is 48.3 Å². The summed E-state index contributed by atoms with van der Waals surface area (Å²) in [6.45, 7) is 7.21. The zero-order valence-corrected chi connectivity index (χ0v) is 20.6. The van der Waals surface area contributed by atoms with Crippen molar-refractivity contribution in [1.29, 1.82) is 0 Å². The summed E-state index contributed by atoms with van der Waals surface area (Å²) >= 11 is 4.89. The molecule has 0 bridgehead atoms. The fourth-order valence-corrected chi connectivity index (χ4v) is 4.57. The molecule has 0 fully saturated rings. The van der Waals surface area contributed by atoms with Gasteiger partial charge in [0.2, 0.25) is 0 Å². The molecule has 2 aromatic heterocycles. The number of benzene rings is 2. The molecule has 0 saturated carbocycles. The van der Waals surface area contributed by atoms with Crippen LogP contribution in [0.15, 0.2) is 64.6 Å². The van der Waals surface area contributed by atoms with Crippen molar-refractivity contribution in [2.75, 3.05) is 5.32 Å². The maximum Gasteiger partial charge on any atom is 0.266 e. The molecule has 1 amide bonds. The van der Waals surface area contributed by atoms with Gasteiger partial charge in [0.05, 0.1) is 15.9 Å². The van der Waals surface area contributed by atoms with Crippen molar-refractivity contribution in [3.8, 4) is 5.75 Å². The van der Waals surface area contributed by atoms with Crippen LogP contribution in [-0.4, -0.2) is 15.7 Å². The topological polar surface area (TPSA) is 56.2 Å². The molecule has 0 unspecified atom stereocenters. The molecule has 32 heavy (non-hydrogen) atoms. The second kappa shape index (κ2) is 9.71. The highest BCUT2D eigenvalue weighted by atomic mass is 79.9. The Labute approximate surface area is 200 Å². The number of aryl methyl sites for hydroxylation is 3. The molecule has 0 aliphatic rings. The third kappa shape index (κ3) is 5.66. The number of anilines is 1. The van der Waals surface area contributed by atoms with Crippen LogP contribution in [0.25, 0.3) is 0 Å². The Kier molecular flexibility index (Phi) is 6.77. The van der Waals surface area contributed by atoms with E-state index in [-0.39, 0.29) is 5.91 Å². The zero-order valence-electron chi connectivity index (χ0n) is 18.2. The van der Waals surface area contributed by atoms with Gasteiger partial charge >= 0.3 is 0 Å². The van der Waals surface area contributed by atoms with Gasteiger partial charge in [0, 0.05) is 11.8 Å². The summed E-state index contributed by atoms with van der Waals surface area (Å²) in [7, 11) is 0. The molecule has 0 atom stereocenters. The van der Waals surface area contributed by atoms with Crippen LogP contribution in [0.2, 0.25) is 0 Å². The predicted molar refractivity (Wildman–Crippen MR) is 133 cm³/mol. The lowest BCUT2D eigenvalue weighted by atomic mass is 10.1. The average Bonchev–Trinajstić information content (AvgIpc) is 3.34. The third-order valence-electron chi connectivity index (χ3n) is 4.89. The van der Waals surface area contributed by atoms with E-state index < -0.39 is 0 Å². The second-order valence-electron chi connectivity index (χ2n) is 7.89. The van der Waals surface area contributed by atoms with Crippen molar-refractivity contribution in [2.24, 2.45) is 0 Å². The van der Waals surface area contributed by atoms with Crippen molar-refractivity contribution >= 4 is 39.0 Å². The molecule has 0 aliphatic heterocycles. The Hall–Kier alpha value is -2.90. The van der Waals surface area contributed by atoms with Crippen LogP contribution in [0.5, 0.6) is 5.75 Å². The van der Waals surface area contributed by atoms with Gasteiger partial charge in [0.25, 0.3) is 5.91 Å². The maximum absolute atomic E-state index is 12.7. The number of thiophene rings is 1. The Morgan fingerprint density at radius 3 is 2.47 bits per heavy atom. The molecule has 2 aromatic carbocycles. The van der Waals surface area contributed by atoms with Crippen molar-refractivity contribution in [2.45, 2.75) is 33.9 Å². The van der Waals surface area contributed by atoms with Crippen LogP contribution >= 0.6 is 27.3 Å². The molecule has 5 nitrogen and oxygen atoms in total. The molecule has 0 saturated heterocycles. The molecular formula is C25H24BrN3O2S. The van der Waals surface area contributed by atoms with E-state index in [4.69, 9.17) is 4.74 Å². The molecule has 0 radical (unpaired) electrons. The maximum atomic E-state index is 12.7. The SMILES string of the molecule is Cc1ccc(Cn2cc(Br)c(NC(=O)c3cc(COc4cc(C)cc(C)c4)cs3)n2)cc1. The first-order valence-electron chi connectivity index (χ1n) is 10.2. The number of rotatable bonds is 7. The Morgan fingerprint density at radius 2 is 1.75 bits per heavy atom. The van der Waals surface area contributed by atoms with Crippen molar-refractivity contribution in [3.63, 3.8) is 0 Å². The number of ether oxygens (including phenoxy) is 1. The summed E-state index contributed by atoms with van der Waals surface area (Å²) in [4.78, 5) is 13.4. The van der Waals surface area contributed by atoms with Gasteiger partial charge < -0.3 is 10.1 Å². The second-order valence-corrected chi connectivity index (χ2v) is 9.66. The normalized spacial score (nSPS) is 10.9. The molecule has 4 rings (SSSR count). The van der Waals surface area contributed by atoms with Crippen LogP contribution in [0.3, 0.4) is 0 Å². The zero-order chi connectivity index (χ0) is 22.7. The molecule has 164 valence electrons. The molecule has 2 heterocycles. The first-order chi connectivity index (χ1) is 15.4. The summed E-state index contributed by atoms with van der Waals surface area (Å²) in [5.41, 5.74) is 5.66. The van der Waals surface area contributed by atoms with E-state index in [2.05, 4.69) is 63.6 Å². The first-order valence-corrected chi connectivity index (χ1v) is 11.9. The number of hydrogen-bond donors (Lipinski definition) is 1. The minimum atomic E-state index is -0.186. The fraction of sp³-hybridized carbons (Fsp3) is 0.200. The third-order valence-corrected chi connectivity index (χ3v) is 6.45. The molecule has 1 N–H and O–H groups in total. The van der Waals surface area contributed by atoms with Crippen LogP contribution < -0.4 is 10.1 Å². The number of carbonyl (C=O) groups excluding carboxylic acids is 1. The van der Waals surface area contributed by atoms with Gasteiger partial charge in [0.1, 0.15) is 12.4 Å². The summed E-state index contributed by atoms with van der Waals surface area (Å²) in [6, 6.07) is 16.3. The standard InChI is InChI=1S/C25H24BrN3O2S/c1-16-4-6-19(7-5-16)12-29-13-22(26)24(28-29)27-25(30)23-11-20(15-32-23)14-31-21-9-17(2)8-18(3)10-21/h4-11,13,15H,12,14H2,1-3H3,(H,27,28,30). The van der Waals surface area contributed by atoms with Gasteiger partial charge in [-0.1, -0.05) is 35.9 Å². The van der Waals surface area contributed by atoms with Crippen molar-refractivity contribution in [3.05, 3.63) is 97.3 Å². The lowest BCUT2D eigenvalue weighted by molar-refractivity contribution is 0.103. The average molecular weight is 510 g/mol. The van der Waals surface area contributed by atoms with Gasteiger partial charge in [-0.15, -0.1) is 11.3 Å². The van der Waals surface area contributed by atoms with E-state index in [1.165, 1.54) is 16.9 Å². The number of halogens is 1. The van der Waals surface area contributed by atoms with Crippen molar-refractivity contribution < 1.29 is 9.53 Å². The minimum absolute atomic E-state index is 0.186. The highest BCUT2D eigenvalue weighted by molar-refractivity contribution is 9.10. The van der Waals surface area contributed by atoms with Gasteiger partial charge in [-0.05, 0) is 77.0 Å². The van der Waals surface area contributed by atoms with E-state index in [9.17, 15) is 4.79 Å².